The van der Waals surface area contributed by atoms with Crippen molar-refractivity contribution in [2.24, 2.45) is 0 Å². The van der Waals surface area contributed by atoms with Crippen LogP contribution < -0.4 is 10.1 Å². The molecule has 2 aromatic carbocycles. The molecule has 1 N–H and O–H groups in total. The number of nitrogens with zero attached hydrogens (tertiary/aromatic N) is 1. The third-order valence-electron chi connectivity index (χ3n) is 4.48. The Balaban J connectivity index is 1.58. The minimum atomic E-state index is -3.58. The summed E-state index contributed by atoms with van der Waals surface area (Å²) in [4.78, 5) is 24.2. The lowest BCUT2D eigenvalue weighted by Gasteiger charge is -2.16. The Hall–Kier alpha value is -2.91. The van der Waals surface area contributed by atoms with Crippen molar-refractivity contribution in [3.63, 3.8) is 0 Å². The molecule has 1 aliphatic heterocycles. The highest BCUT2D eigenvalue weighted by molar-refractivity contribution is 7.89. The molecule has 0 saturated carbocycles. The van der Waals surface area contributed by atoms with Gasteiger partial charge in [0.1, 0.15) is 5.75 Å². The van der Waals surface area contributed by atoms with Gasteiger partial charge in [-0.2, -0.15) is 4.31 Å². The van der Waals surface area contributed by atoms with E-state index in [9.17, 15) is 18.0 Å². The number of esters is 1. The first-order chi connectivity index (χ1) is 13.9. The van der Waals surface area contributed by atoms with Crippen LogP contribution in [0.25, 0.3) is 0 Å². The number of benzene rings is 2. The monoisotopic (exact) mass is 418 g/mol. The molecule has 1 heterocycles. The summed E-state index contributed by atoms with van der Waals surface area (Å²) < 4.78 is 36.7. The van der Waals surface area contributed by atoms with Gasteiger partial charge in [0, 0.05) is 18.8 Å². The van der Waals surface area contributed by atoms with Crippen LogP contribution in [0.2, 0.25) is 0 Å². The smallest absolute Gasteiger partial charge is 0.338 e. The van der Waals surface area contributed by atoms with Gasteiger partial charge in [0.2, 0.25) is 10.0 Å². The number of carbonyl (C=O) groups excluding carboxylic acids is 2. The van der Waals surface area contributed by atoms with Gasteiger partial charge in [-0.3, -0.25) is 4.79 Å². The molecular weight excluding hydrogens is 396 g/mol. The van der Waals surface area contributed by atoms with E-state index in [2.05, 4.69) is 5.32 Å². The predicted octanol–water partition coefficient (Wildman–Crippen LogP) is 2.28. The van der Waals surface area contributed by atoms with Crippen LogP contribution in [0.1, 0.15) is 23.2 Å². The second-order valence-corrected chi connectivity index (χ2v) is 8.43. The molecule has 8 nitrogen and oxygen atoms in total. The van der Waals surface area contributed by atoms with Gasteiger partial charge in [-0.1, -0.05) is 6.07 Å². The summed E-state index contributed by atoms with van der Waals surface area (Å²) >= 11 is 0. The van der Waals surface area contributed by atoms with Gasteiger partial charge in [0.15, 0.2) is 6.61 Å². The number of sulfonamides is 1. The van der Waals surface area contributed by atoms with Crippen molar-refractivity contribution in [3.8, 4) is 5.75 Å². The van der Waals surface area contributed by atoms with Gasteiger partial charge in [-0.25, -0.2) is 13.2 Å². The van der Waals surface area contributed by atoms with E-state index in [0.29, 0.717) is 24.5 Å². The van der Waals surface area contributed by atoms with Crippen molar-refractivity contribution in [1.82, 2.24) is 4.31 Å². The first-order valence-corrected chi connectivity index (χ1v) is 10.6. The highest BCUT2D eigenvalue weighted by Gasteiger charge is 2.27. The van der Waals surface area contributed by atoms with Crippen LogP contribution in [-0.4, -0.2) is 51.4 Å². The van der Waals surface area contributed by atoms with Crippen LogP contribution in [0, 0.1) is 0 Å². The predicted molar refractivity (Wildman–Crippen MR) is 106 cm³/mol. The minimum absolute atomic E-state index is 0.118. The Morgan fingerprint density at radius 2 is 1.76 bits per heavy atom. The summed E-state index contributed by atoms with van der Waals surface area (Å²) in [5, 5.41) is 2.55. The maximum atomic E-state index is 12.6. The fourth-order valence-electron chi connectivity index (χ4n) is 2.95. The average molecular weight is 418 g/mol. The summed E-state index contributed by atoms with van der Waals surface area (Å²) in [6.07, 6.45) is 1.68. The van der Waals surface area contributed by atoms with Gasteiger partial charge in [-0.05, 0) is 55.3 Å². The number of carbonyl (C=O) groups is 2. The van der Waals surface area contributed by atoms with Crippen molar-refractivity contribution in [3.05, 3.63) is 54.1 Å². The Morgan fingerprint density at radius 1 is 1.07 bits per heavy atom. The summed E-state index contributed by atoms with van der Waals surface area (Å²) in [6, 6.07) is 12.3. The third-order valence-corrected chi connectivity index (χ3v) is 6.38. The zero-order valence-electron chi connectivity index (χ0n) is 16.0. The molecule has 2 aromatic rings. The van der Waals surface area contributed by atoms with E-state index < -0.39 is 28.5 Å². The van der Waals surface area contributed by atoms with Gasteiger partial charge in [-0.15, -0.1) is 0 Å². The minimum Gasteiger partial charge on any atom is -0.497 e. The second-order valence-electron chi connectivity index (χ2n) is 6.49. The number of ether oxygens (including phenoxy) is 2. The Kier molecular flexibility index (Phi) is 6.50. The van der Waals surface area contributed by atoms with Gasteiger partial charge in [0.05, 0.1) is 17.6 Å². The molecule has 0 bridgehead atoms. The summed E-state index contributed by atoms with van der Waals surface area (Å²) in [6.45, 7) is 0.508. The number of anilines is 1. The molecule has 3 rings (SSSR count). The molecule has 0 spiro atoms. The van der Waals surface area contributed by atoms with E-state index in [1.807, 2.05) is 0 Å². The van der Waals surface area contributed by atoms with E-state index in [4.69, 9.17) is 9.47 Å². The first-order valence-electron chi connectivity index (χ1n) is 9.11. The zero-order chi connectivity index (χ0) is 20.9. The lowest BCUT2D eigenvalue weighted by Crippen LogP contribution is -2.28. The van der Waals surface area contributed by atoms with E-state index in [1.165, 1.54) is 35.7 Å². The largest absolute Gasteiger partial charge is 0.497 e. The molecule has 1 aliphatic rings. The number of rotatable bonds is 7. The van der Waals surface area contributed by atoms with Crippen LogP contribution in [0.15, 0.2) is 53.4 Å². The molecular formula is C20H22N2O6S. The molecule has 1 fully saturated rings. The quantitative estimate of drug-likeness (QED) is 0.692. The Labute approximate surface area is 169 Å². The van der Waals surface area contributed by atoms with Crippen molar-refractivity contribution in [2.75, 3.05) is 32.1 Å². The van der Waals surface area contributed by atoms with Crippen molar-refractivity contribution < 1.29 is 27.5 Å². The highest BCUT2D eigenvalue weighted by atomic mass is 32.2. The molecule has 0 aromatic heterocycles. The maximum Gasteiger partial charge on any atom is 0.338 e. The number of amides is 1. The lowest BCUT2D eigenvalue weighted by molar-refractivity contribution is -0.119. The molecule has 0 radical (unpaired) electrons. The van der Waals surface area contributed by atoms with Gasteiger partial charge >= 0.3 is 5.97 Å². The van der Waals surface area contributed by atoms with E-state index >= 15 is 0 Å². The SMILES string of the molecule is COc1ccc(C(=O)OCC(=O)Nc2cccc(S(=O)(=O)N3CCCC3)c2)cc1. The second kappa shape index (κ2) is 9.06. The molecule has 1 saturated heterocycles. The molecule has 0 aliphatic carbocycles. The Bertz CT molecular complexity index is 982. The fourth-order valence-corrected chi connectivity index (χ4v) is 4.51. The molecule has 9 heteroatoms. The van der Waals surface area contributed by atoms with Gasteiger partial charge in [0.25, 0.3) is 5.91 Å². The summed E-state index contributed by atoms with van der Waals surface area (Å²) in [5.74, 6) is -0.612. The standard InChI is InChI=1S/C20H22N2O6S/c1-27-17-9-7-15(8-10-17)20(24)28-14-19(23)21-16-5-4-6-18(13-16)29(25,26)22-11-2-3-12-22/h4-10,13H,2-3,11-12,14H2,1H3,(H,21,23). The number of nitrogens with one attached hydrogen (secondary N) is 1. The van der Waals surface area contributed by atoms with E-state index in [0.717, 1.165) is 12.8 Å². The zero-order valence-corrected chi connectivity index (χ0v) is 16.8. The number of hydrogen-bond acceptors (Lipinski definition) is 6. The van der Waals surface area contributed by atoms with Gasteiger partial charge < -0.3 is 14.8 Å². The summed E-state index contributed by atoms with van der Waals surface area (Å²) in [7, 11) is -2.06. The topological polar surface area (TPSA) is 102 Å². The number of methoxy groups -OCH3 is 1. The number of hydrogen-bond donors (Lipinski definition) is 1. The fraction of sp³-hybridized carbons (Fsp3) is 0.300. The normalized spacial score (nSPS) is 14.4. The van der Waals surface area contributed by atoms with Crippen LogP contribution in [0.3, 0.4) is 0 Å². The molecule has 0 unspecified atom stereocenters. The van der Waals surface area contributed by atoms with Crippen molar-refractivity contribution in [1.29, 1.82) is 0 Å². The van der Waals surface area contributed by atoms with Crippen LogP contribution in [0.5, 0.6) is 5.75 Å². The molecule has 1 amide bonds. The van der Waals surface area contributed by atoms with Crippen LogP contribution in [-0.2, 0) is 19.6 Å². The summed E-state index contributed by atoms with van der Waals surface area (Å²) in [5.41, 5.74) is 0.605. The highest BCUT2D eigenvalue weighted by Crippen LogP contribution is 2.23. The Morgan fingerprint density at radius 3 is 2.41 bits per heavy atom. The lowest BCUT2D eigenvalue weighted by atomic mass is 10.2. The molecule has 0 atom stereocenters. The average Bonchev–Trinajstić information content (AvgIpc) is 3.28. The van der Waals surface area contributed by atoms with Crippen LogP contribution >= 0.6 is 0 Å². The van der Waals surface area contributed by atoms with Crippen molar-refractivity contribution >= 4 is 27.6 Å². The molecule has 29 heavy (non-hydrogen) atoms. The van der Waals surface area contributed by atoms with Crippen molar-refractivity contribution in [2.45, 2.75) is 17.7 Å². The van der Waals surface area contributed by atoms with E-state index in [1.54, 1.807) is 24.3 Å². The first kappa shape index (κ1) is 20.8. The third kappa shape index (κ3) is 5.12. The van der Waals surface area contributed by atoms with Crippen LogP contribution in [0.4, 0.5) is 5.69 Å². The molecule has 154 valence electrons. The van der Waals surface area contributed by atoms with E-state index in [-0.39, 0.29) is 10.5 Å². The maximum absolute atomic E-state index is 12.6.